The number of carbonyl (C=O) groups is 1. The van der Waals surface area contributed by atoms with Crippen molar-refractivity contribution in [1.29, 1.82) is 0 Å². The summed E-state index contributed by atoms with van der Waals surface area (Å²) >= 11 is 6.12. The van der Waals surface area contributed by atoms with Gasteiger partial charge >= 0.3 is 5.97 Å². The summed E-state index contributed by atoms with van der Waals surface area (Å²) in [6.45, 7) is 1.77. The molecule has 0 amide bonds. The Morgan fingerprint density at radius 3 is 2.29 bits per heavy atom. The monoisotopic (exact) mass is 302 g/mol. The van der Waals surface area contributed by atoms with Crippen LogP contribution in [0, 0.1) is 0 Å². The van der Waals surface area contributed by atoms with Crippen LogP contribution in [0.1, 0.15) is 12.5 Å². The predicted molar refractivity (Wildman–Crippen MR) is 84.7 cm³/mol. The molecule has 2 aromatic rings. The summed E-state index contributed by atoms with van der Waals surface area (Å²) in [7, 11) is 1.58. The Hall–Kier alpha value is -2.26. The third-order valence-corrected chi connectivity index (χ3v) is 3.46. The number of halogens is 1. The third kappa shape index (κ3) is 3.64. The van der Waals surface area contributed by atoms with Gasteiger partial charge in [0.15, 0.2) is 0 Å². The minimum absolute atomic E-state index is 0.557. The van der Waals surface area contributed by atoms with Gasteiger partial charge in [0.2, 0.25) is 0 Å². The molecule has 0 bridgehead atoms. The summed E-state index contributed by atoms with van der Waals surface area (Å²) in [5.74, 6) is -0.309. The molecule has 0 aliphatic rings. The number of methoxy groups -OCH3 is 1. The maximum absolute atomic E-state index is 10.7. The van der Waals surface area contributed by atoms with Crippen LogP contribution in [0.4, 0.5) is 0 Å². The minimum atomic E-state index is -0.946. The summed E-state index contributed by atoms with van der Waals surface area (Å²) < 4.78 is 5.13. The second-order valence-corrected chi connectivity index (χ2v) is 5.00. The smallest absolute Gasteiger partial charge is 0.328 e. The van der Waals surface area contributed by atoms with Crippen LogP contribution in [0.5, 0.6) is 5.75 Å². The molecular formula is C17H15ClO3. The Morgan fingerprint density at radius 1 is 1.14 bits per heavy atom. The molecule has 2 rings (SSSR count). The van der Waals surface area contributed by atoms with Gasteiger partial charge in [-0.25, -0.2) is 4.79 Å². The van der Waals surface area contributed by atoms with Crippen LogP contribution >= 0.6 is 11.6 Å². The molecule has 0 aliphatic heterocycles. The van der Waals surface area contributed by atoms with Crippen molar-refractivity contribution in [1.82, 2.24) is 0 Å². The van der Waals surface area contributed by atoms with Gasteiger partial charge in [-0.05, 0) is 41.3 Å². The summed E-state index contributed by atoms with van der Waals surface area (Å²) in [6.07, 6.45) is 1.19. The van der Waals surface area contributed by atoms with E-state index < -0.39 is 5.97 Å². The fraction of sp³-hybridized carbons (Fsp3) is 0.118. The molecule has 0 saturated heterocycles. The molecule has 0 fully saturated rings. The van der Waals surface area contributed by atoms with Crippen LogP contribution in [0.25, 0.3) is 16.7 Å². The number of hydrogen-bond acceptors (Lipinski definition) is 2. The Morgan fingerprint density at radius 2 is 1.76 bits per heavy atom. The Labute approximate surface area is 128 Å². The zero-order valence-corrected chi connectivity index (χ0v) is 12.5. The van der Waals surface area contributed by atoms with Gasteiger partial charge in [-0.3, -0.25) is 0 Å². The summed E-state index contributed by atoms with van der Waals surface area (Å²) in [4.78, 5) is 10.7. The van der Waals surface area contributed by atoms with Gasteiger partial charge in [0.05, 0.1) is 12.1 Å². The van der Waals surface area contributed by atoms with E-state index in [2.05, 4.69) is 0 Å². The van der Waals surface area contributed by atoms with Crippen LogP contribution in [0.15, 0.2) is 48.5 Å². The molecule has 4 heteroatoms. The first-order valence-corrected chi connectivity index (χ1v) is 6.74. The highest BCUT2D eigenvalue weighted by Gasteiger charge is 2.05. The van der Waals surface area contributed by atoms with Crippen LogP contribution in [-0.2, 0) is 4.79 Å². The number of carboxylic acid groups (broad SMARTS) is 1. The van der Waals surface area contributed by atoms with E-state index in [1.807, 2.05) is 42.5 Å². The second-order valence-electron chi connectivity index (χ2n) is 4.59. The molecule has 2 aromatic carbocycles. The second kappa shape index (κ2) is 6.46. The summed E-state index contributed by atoms with van der Waals surface area (Å²) in [5, 5.41) is 9.31. The number of rotatable bonds is 4. The van der Waals surface area contributed by atoms with Crippen molar-refractivity contribution in [2.24, 2.45) is 0 Å². The molecule has 21 heavy (non-hydrogen) atoms. The van der Waals surface area contributed by atoms with E-state index in [9.17, 15) is 4.79 Å². The van der Waals surface area contributed by atoms with E-state index >= 15 is 0 Å². The van der Waals surface area contributed by atoms with Gasteiger partial charge in [-0.1, -0.05) is 41.9 Å². The Kier molecular flexibility index (Phi) is 4.66. The first-order chi connectivity index (χ1) is 10.0. The molecule has 0 radical (unpaired) electrons. The van der Waals surface area contributed by atoms with Gasteiger partial charge in [-0.2, -0.15) is 0 Å². The molecule has 0 atom stereocenters. The number of benzene rings is 2. The first-order valence-electron chi connectivity index (χ1n) is 6.37. The van der Waals surface area contributed by atoms with E-state index in [4.69, 9.17) is 21.4 Å². The van der Waals surface area contributed by atoms with Gasteiger partial charge in [0.25, 0.3) is 0 Å². The van der Waals surface area contributed by atoms with Gasteiger partial charge in [0, 0.05) is 6.08 Å². The molecule has 0 aromatic heterocycles. The van der Waals surface area contributed by atoms with E-state index in [0.29, 0.717) is 16.3 Å². The van der Waals surface area contributed by atoms with Gasteiger partial charge in [0.1, 0.15) is 5.75 Å². The molecular weight excluding hydrogens is 288 g/mol. The van der Waals surface area contributed by atoms with E-state index in [-0.39, 0.29) is 0 Å². The molecule has 0 heterocycles. The van der Waals surface area contributed by atoms with Crippen molar-refractivity contribution in [2.75, 3.05) is 7.11 Å². The number of carboxylic acids is 1. The van der Waals surface area contributed by atoms with Crippen molar-refractivity contribution < 1.29 is 14.6 Å². The van der Waals surface area contributed by atoms with Crippen LogP contribution in [-0.4, -0.2) is 18.2 Å². The van der Waals surface area contributed by atoms with Gasteiger partial charge in [-0.15, -0.1) is 0 Å². The van der Waals surface area contributed by atoms with Crippen LogP contribution in [0.3, 0.4) is 0 Å². The SMILES string of the molecule is COc1ccc(-c2ccc(/C(C)=C/C(=O)O)cc2)cc1Cl. The van der Waals surface area contributed by atoms with Crippen LogP contribution in [0.2, 0.25) is 5.02 Å². The fourth-order valence-electron chi connectivity index (χ4n) is 2.04. The standard InChI is InChI=1S/C17H15ClO3/c1-11(9-17(19)20)12-3-5-13(6-4-12)14-7-8-16(21-2)15(18)10-14/h3-10H,1-2H3,(H,19,20)/b11-9+. The fourth-order valence-corrected chi connectivity index (χ4v) is 2.30. The number of aliphatic carboxylic acids is 1. The molecule has 0 unspecified atom stereocenters. The van der Waals surface area contributed by atoms with Crippen LogP contribution < -0.4 is 4.74 Å². The first kappa shape index (κ1) is 15.1. The van der Waals surface area contributed by atoms with Crippen molar-refractivity contribution in [3.63, 3.8) is 0 Å². The molecule has 0 saturated carbocycles. The van der Waals surface area contributed by atoms with Crippen molar-refractivity contribution in [2.45, 2.75) is 6.92 Å². The number of hydrogen-bond donors (Lipinski definition) is 1. The summed E-state index contributed by atoms with van der Waals surface area (Å²) in [5.41, 5.74) is 3.57. The van der Waals surface area contributed by atoms with E-state index in [0.717, 1.165) is 16.7 Å². The maximum Gasteiger partial charge on any atom is 0.328 e. The lowest BCUT2D eigenvalue weighted by Crippen LogP contribution is -1.90. The third-order valence-electron chi connectivity index (χ3n) is 3.17. The molecule has 0 aliphatic carbocycles. The lowest BCUT2D eigenvalue weighted by Gasteiger charge is -2.07. The highest BCUT2D eigenvalue weighted by molar-refractivity contribution is 6.32. The average molecular weight is 303 g/mol. The normalized spacial score (nSPS) is 11.3. The average Bonchev–Trinajstić information content (AvgIpc) is 2.46. The Balaban J connectivity index is 2.31. The zero-order valence-electron chi connectivity index (χ0n) is 11.8. The lowest BCUT2D eigenvalue weighted by atomic mass is 10.0. The maximum atomic E-state index is 10.7. The number of ether oxygens (including phenoxy) is 1. The molecule has 108 valence electrons. The topological polar surface area (TPSA) is 46.5 Å². The zero-order chi connectivity index (χ0) is 15.4. The van der Waals surface area contributed by atoms with Crippen molar-refractivity contribution >= 4 is 23.1 Å². The minimum Gasteiger partial charge on any atom is -0.495 e. The van der Waals surface area contributed by atoms with Gasteiger partial charge < -0.3 is 9.84 Å². The highest BCUT2D eigenvalue weighted by Crippen LogP contribution is 2.30. The van der Waals surface area contributed by atoms with E-state index in [1.54, 1.807) is 14.0 Å². The van der Waals surface area contributed by atoms with E-state index in [1.165, 1.54) is 6.08 Å². The van der Waals surface area contributed by atoms with Crippen molar-refractivity contribution in [3.05, 3.63) is 59.1 Å². The van der Waals surface area contributed by atoms with Crippen molar-refractivity contribution in [3.8, 4) is 16.9 Å². The Bertz CT molecular complexity index is 688. The predicted octanol–water partition coefficient (Wildman–Crippen LogP) is 4.50. The molecule has 3 nitrogen and oxygen atoms in total. The molecule has 1 N–H and O–H groups in total. The summed E-state index contributed by atoms with van der Waals surface area (Å²) in [6, 6.07) is 13.2. The lowest BCUT2D eigenvalue weighted by molar-refractivity contribution is -0.131. The number of allylic oxidation sites excluding steroid dienone is 1. The highest BCUT2D eigenvalue weighted by atomic mass is 35.5. The quantitative estimate of drug-likeness (QED) is 0.846. The largest absolute Gasteiger partial charge is 0.495 e. The molecule has 0 spiro atoms.